The Hall–Kier alpha value is -0.280. The molecule has 1 fully saturated rings. The van der Waals surface area contributed by atoms with E-state index in [2.05, 4.69) is 38.2 Å². The van der Waals surface area contributed by atoms with Crippen LogP contribution in [-0.2, 0) is 10.2 Å². The fourth-order valence-corrected chi connectivity index (χ4v) is 4.27. The molecule has 1 aliphatic carbocycles. The van der Waals surface area contributed by atoms with Crippen LogP contribution >= 0.6 is 23.2 Å². The molecule has 1 aromatic rings. The number of hydrogen-bond donors (Lipinski definition) is 1. The summed E-state index contributed by atoms with van der Waals surface area (Å²) in [7, 11) is 0. The van der Waals surface area contributed by atoms with Gasteiger partial charge in [0.2, 0.25) is 0 Å². The van der Waals surface area contributed by atoms with E-state index in [1.54, 1.807) is 0 Å². The van der Waals surface area contributed by atoms with E-state index in [0.717, 1.165) is 32.6 Å². The van der Waals surface area contributed by atoms with Crippen molar-refractivity contribution in [2.75, 3.05) is 19.8 Å². The van der Waals surface area contributed by atoms with E-state index < -0.39 is 0 Å². The first-order valence-electron chi connectivity index (χ1n) is 10.3. The molecular weight excluding hydrogens is 365 g/mol. The van der Waals surface area contributed by atoms with Gasteiger partial charge in [-0.05, 0) is 62.3 Å². The van der Waals surface area contributed by atoms with Gasteiger partial charge >= 0.3 is 0 Å². The molecule has 4 heteroatoms. The van der Waals surface area contributed by atoms with Crippen LogP contribution in [0.1, 0.15) is 71.3 Å². The number of nitrogens with one attached hydrogen (secondary N) is 1. The number of unbranched alkanes of at least 4 members (excludes halogenated alkanes) is 1. The number of ether oxygens (including phenoxy) is 1. The molecule has 0 amide bonds. The van der Waals surface area contributed by atoms with Crippen LogP contribution in [0.4, 0.5) is 0 Å². The molecule has 1 N–H and O–H groups in total. The zero-order valence-electron chi connectivity index (χ0n) is 16.6. The predicted molar refractivity (Wildman–Crippen MR) is 114 cm³/mol. The van der Waals surface area contributed by atoms with E-state index in [4.69, 9.17) is 27.9 Å². The summed E-state index contributed by atoms with van der Waals surface area (Å²) in [5.74, 6) is 0.661. The van der Waals surface area contributed by atoms with Gasteiger partial charge in [-0.2, -0.15) is 0 Å². The molecule has 0 radical (unpaired) electrons. The van der Waals surface area contributed by atoms with Crippen LogP contribution in [0.15, 0.2) is 18.2 Å². The molecule has 0 aromatic heterocycles. The van der Waals surface area contributed by atoms with Crippen molar-refractivity contribution in [2.45, 2.75) is 77.2 Å². The number of benzene rings is 1. The monoisotopic (exact) mass is 399 g/mol. The van der Waals surface area contributed by atoms with E-state index in [1.165, 1.54) is 37.7 Å². The fraction of sp³-hybridized carbons (Fsp3) is 0.727. The van der Waals surface area contributed by atoms with E-state index >= 15 is 0 Å². The maximum absolute atomic E-state index is 6.33. The van der Waals surface area contributed by atoms with Crippen LogP contribution in [0.5, 0.6) is 0 Å². The third-order valence-electron chi connectivity index (χ3n) is 5.61. The second-order valence-corrected chi connectivity index (χ2v) is 8.91. The van der Waals surface area contributed by atoms with Gasteiger partial charge in [-0.3, -0.25) is 0 Å². The Morgan fingerprint density at radius 2 is 1.85 bits per heavy atom. The zero-order chi connectivity index (χ0) is 19.0. The molecule has 1 aliphatic rings. The van der Waals surface area contributed by atoms with E-state index in [0.29, 0.717) is 22.0 Å². The van der Waals surface area contributed by atoms with Crippen LogP contribution in [0.3, 0.4) is 0 Å². The highest BCUT2D eigenvalue weighted by atomic mass is 35.5. The molecule has 0 saturated heterocycles. The summed E-state index contributed by atoms with van der Waals surface area (Å²) in [5.41, 5.74) is 1.54. The molecule has 1 atom stereocenters. The van der Waals surface area contributed by atoms with Gasteiger partial charge < -0.3 is 10.1 Å². The van der Waals surface area contributed by atoms with E-state index in [9.17, 15) is 0 Å². The van der Waals surface area contributed by atoms with Gasteiger partial charge in [0.25, 0.3) is 0 Å². The minimum Gasteiger partial charge on any atom is -0.381 e. The van der Waals surface area contributed by atoms with Crippen LogP contribution < -0.4 is 5.32 Å². The Balaban J connectivity index is 2.00. The Labute approximate surface area is 170 Å². The van der Waals surface area contributed by atoms with Gasteiger partial charge in [-0.15, -0.1) is 0 Å². The third kappa shape index (κ3) is 5.86. The maximum atomic E-state index is 6.33. The normalized spacial score (nSPS) is 17.3. The van der Waals surface area contributed by atoms with Crippen molar-refractivity contribution in [3.05, 3.63) is 33.8 Å². The van der Waals surface area contributed by atoms with Crippen LogP contribution in [0.25, 0.3) is 0 Å². The Kier molecular flexibility index (Phi) is 9.23. The van der Waals surface area contributed by atoms with Crippen molar-refractivity contribution in [3.63, 3.8) is 0 Å². The topological polar surface area (TPSA) is 21.3 Å². The van der Waals surface area contributed by atoms with Gasteiger partial charge in [0.1, 0.15) is 0 Å². The van der Waals surface area contributed by atoms with Gasteiger partial charge in [-0.1, -0.05) is 62.9 Å². The van der Waals surface area contributed by atoms with Gasteiger partial charge in [0, 0.05) is 24.7 Å². The first-order valence-corrected chi connectivity index (χ1v) is 11.0. The second-order valence-electron chi connectivity index (χ2n) is 8.09. The SMILES string of the molecule is CCCCOCCCN[C@H](CC(C)C)C1(c2ccc(Cl)c(Cl)c2)CCC1. The summed E-state index contributed by atoms with van der Waals surface area (Å²) >= 11 is 12.5. The van der Waals surface area contributed by atoms with Crippen molar-refractivity contribution in [1.82, 2.24) is 5.32 Å². The van der Waals surface area contributed by atoms with Crippen molar-refractivity contribution in [2.24, 2.45) is 5.92 Å². The highest BCUT2D eigenvalue weighted by Crippen LogP contribution is 2.49. The summed E-state index contributed by atoms with van der Waals surface area (Å²) in [6, 6.07) is 6.69. The lowest BCUT2D eigenvalue weighted by Crippen LogP contribution is -2.53. The highest BCUT2D eigenvalue weighted by molar-refractivity contribution is 6.42. The van der Waals surface area contributed by atoms with Gasteiger partial charge in [-0.25, -0.2) is 0 Å². The lowest BCUT2D eigenvalue weighted by atomic mass is 9.59. The summed E-state index contributed by atoms with van der Waals surface area (Å²) in [4.78, 5) is 0. The largest absolute Gasteiger partial charge is 0.381 e. The minimum atomic E-state index is 0.196. The fourth-order valence-electron chi connectivity index (χ4n) is 3.98. The van der Waals surface area contributed by atoms with Crippen molar-refractivity contribution in [1.29, 1.82) is 0 Å². The van der Waals surface area contributed by atoms with Crippen LogP contribution in [0.2, 0.25) is 10.0 Å². The molecule has 1 aromatic carbocycles. The smallest absolute Gasteiger partial charge is 0.0595 e. The average molecular weight is 400 g/mol. The standard InChI is InChI=1S/C22H35Cl2NO/c1-4-5-13-26-14-7-12-25-21(15-17(2)3)22(10-6-11-22)18-8-9-19(23)20(24)16-18/h8-9,16-17,21,25H,4-7,10-15H2,1-3H3/t21-/m1/s1. The molecular formula is C22H35Cl2NO. The van der Waals surface area contributed by atoms with E-state index in [1.807, 2.05) is 6.07 Å². The third-order valence-corrected chi connectivity index (χ3v) is 6.35. The first-order chi connectivity index (χ1) is 12.5. The Morgan fingerprint density at radius 3 is 2.42 bits per heavy atom. The van der Waals surface area contributed by atoms with E-state index in [-0.39, 0.29) is 5.41 Å². The molecule has 1 saturated carbocycles. The summed E-state index contributed by atoms with van der Waals surface area (Å²) in [5, 5.41) is 5.17. The molecule has 0 aliphatic heterocycles. The quantitative estimate of drug-likeness (QED) is 0.398. The molecule has 0 spiro atoms. The average Bonchev–Trinajstić information content (AvgIpc) is 2.55. The van der Waals surface area contributed by atoms with Crippen LogP contribution in [0, 0.1) is 5.92 Å². The Morgan fingerprint density at radius 1 is 1.12 bits per heavy atom. The van der Waals surface area contributed by atoms with Crippen molar-refractivity contribution >= 4 is 23.2 Å². The molecule has 2 nitrogen and oxygen atoms in total. The molecule has 148 valence electrons. The lowest BCUT2D eigenvalue weighted by Gasteiger charge is -2.49. The lowest BCUT2D eigenvalue weighted by molar-refractivity contribution is 0.120. The molecule has 26 heavy (non-hydrogen) atoms. The molecule has 0 bridgehead atoms. The predicted octanol–water partition coefficient (Wildman–Crippen LogP) is 6.63. The van der Waals surface area contributed by atoms with Crippen LogP contribution in [-0.4, -0.2) is 25.8 Å². The molecule has 2 rings (SSSR count). The molecule has 0 unspecified atom stereocenters. The zero-order valence-corrected chi connectivity index (χ0v) is 18.1. The van der Waals surface area contributed by atoms with Gasteiger partial charge in [0.05, 0.1) is 10.0 Å². The van der Waals surface area contributed by atoms with Crippen molar-refractivity contribution < 1.29 is 4.74 Å². The second kappa shape index (κ2) is 10.9. The summed E-state index contributed by atoms with van der Waals surface area (Å²) < 4.78 is 5.70. The first kappa shape index (κ1) is 22.0. The maximum Gasteiger partial charge on any atom is 0.0595 e. The summed E-state index contributed by atoms with van der Waals surface area (Å²) in [6.45, 7) is 9.56. The van der Waals surface area contributed by atoms with Gasteiger partial charge in [0.15, 0.2) is 0 Å². The van der Waals surface area contributed by atoms with Crippen molar-refractivity contribution in [3.8, 4) is 0 Å². The highest BCUT2D eigenvalue weighted by Gasteiger charge is 2.45. The Bertz CT molecular complexity index is 543. The number of hydrogen-bond acceptors (Lipinski definition) is 2. The number of rotatable bonds is 12. The number of halogens is 2. The minimum absolute atomic E-state index is 0.196. The summed E-state index contributed by atoms with van der Waals surface area (Å²) in [6.07, 6.45) is 8.33. The molecule has 0 heterocycles.